The first kappa shape index (κ1) is 28.2. The predicted molar refractivity (Wildman–Crippen MR) is 140 cm³/mol. The SMILES string of the molecule is CCCc1ccc(Cl)cc1CNC(=P)c1cc(Cl)c(CN2CCCC(NC)C2)c(OC(F)(F)F)c1. The Morgan fingerprint density at radius 2 is 1.97 bits per heavy atom. The first-order valence-corrected chi connectivity index (χ1v) is 12.9. The highest BCUT2D eigenvalue weighted by molar-refractivity contribution is 7.21. The van der Waals surface area contributed by atoms with Gasteiger partial charge < -0.3 is 10.1 Å². The Hall–Kier alpha value is -1.34. The van der Waals surface area contributed by atoms with Crippen molar-refractivity contribution < 1.29 is 17.9 Å². The van der Waals surface area contributed by atoms with E-state index in [-0.39, 0.29) is 17.3 Å². The molecule has 0 saturated carbocycles. The number of likely N-dealkylation sites (tertiary alicyclic amines) is 1. The molecule has 0 aliphatic carbocycles. The molecule has 0 spiro atoms. The molecule has 0 bridgehead atoms. The van der Waals surface area contributed by atoms with Gasteiger partial charge in [0.15, 0.2) is 0 Å². The Kier molecular flexibility index (Phi) is 10.3. The van der Waals surface area contributed by atoms with Crippen LogP contribution >= 0.6 is 32.1 Å². The second-order valence-electron chi connectivity index (χ2n) is 8.74. The second-order valence-corrected chi connectivity index (χ2v) is 10.1. The summed E-state index contributed by atoms with van der Waals surface area (Å²) in [6, 6.07) is 9.06. The van der Waals surface area contributed by atoms with Crippen LogP contribution < -0.4 is 15.4 Å². The van der Waals surface area contributed by atoms with Gasteiger partial charge in [0.1, 0.15) is 5.75 Å². The van der Waals surface area contributed by atoms with E-state index >= 15 is 0 Å². The summed E-state index contributed by atoms with van der Waals surface area (Å²) in [5.74, 6) is -0.293. The topological polar surface area (TPSA) is 36.5 Å². The molecule has 1 atom stereocenters. The third kappa shape index (κ3) is 8.34. The standard InChI is InChI=1S/C25H31Cl2F3N3OP/c1-3-5-16-7-8-19(26)10-18(16)13-32-24(35)17-11-22(27)21(23(12-17)34-25(28,29)30)15-33-9-4-6-20(14-33)31-2/h7-8,10-12,20,31-32,35H,3-6,9,13-15H2,1-2H3. The fourth-order valence-electron chi connectivity index (χ4n) is 4.34. The van der Waals surface area contributed by atoms with Crippen molar-refractivity contribution in [1.29, 1.82) is 0 Å². The van der Waals surface area contributed by atoms with Crippen molar-refractivity contribution >= 4 is 37.5 Å². The molecule has 1 unspecified atom stereocenters. The normalized spacial score (nSPS) is 16.9. The molecule has 3 rings (SSSR count). The van der Waals surface area contributed by atoms with Crippen molar-refractivity contribution in [3.8, 4) is 5.75 Å². The summed E-state index contributed by atoms with van der Waals surface area (Å²) in [7, 11) is 5.43. The van der Waals surface area contributed by atoms with Crippen LogP contribution in [0.5, 0.6) is 5.75 Å². The number of nitrogens with zero attached hydrogens (tertiary/aromatic N) is 1. The van der Waals surface area contributed by atoms with Gasteiger partial charge in [0.2, 0.25) is 0 Å². The van der Waals surface area contributed by atoms with Crippen LogP contribution in [0.15, 0.2) is 30.3 Å². The van der Waals surface area contributed by atoms with Gasteiger partial charge >= 0.3 is 6.36 Å². The van der Waals surface area contributed by atoms with Gasteiger partial charge in [0, 0.05) is 52.3 Å². The molecular weight excluding hydrogens is 517 g/mol. The van der Waals surface area contributed by atoms with E-state index in [0.29, 0.717) is 34.2 Å². The number of rotatable bonds is 10. The number of likely N-dealkylation sites (N-methyl/N-ethyl adjacent to an activating group) is 1. The van der Waals surface area contributed by atoms with Crippen LogP contribution in [-0.4, -0.2) is 42.9 Å². The highest BCUT2D eigenvalue weighted by Gasteiger charge is 2.33. The maximum absolute atomic E-state index is 13.3. The van der Waals surface area contributed by atoms with E-state index in [2.05, 4.69) is 36.1 Å². The van der Waals surface area contributed by atoms with Crippen LogP contribution in [0.3, 0.4) is 0 Å². The number of nitrogens with one attached hydrogen (secondary N) is 2. The van der Waals surface area contributed by atoms with Crippen LogP contribution in [0, 0.1) is 0 Å². The summed E-state index contributed by atoms with van der Waals surface area (Å²) >= 11 is 12.7. The molecule has 0 amide bonds. The lowest BCUT2D eigenvalue weighted by Gasteiger charge is -2.33. The first-order chi connectivity index (χ1) is 16.6. The molecule has 2 N–H and O–H groups in total. The first-order valence-electron chi connectivity index (χ1n) is 11.7. The Morgan fingerprint density at radius 1 is 1.20 bits per heavy atom. The van der Waals surface area contributed by atoms with E-state index in [1.165, 1.54) is 11.6 Å². The molecule has 1 saturated heterocycles. The summed E-state index contributed by atoms with van der Waals surface area (Å²) < 4.78 is 44.2. The fourth-order valence-corrected chi connectivity index (χ4v) is 5.04. The highest BCUT2D eigenvalue weighted by Crippen LogP contribution is 2.34. The second kappa shape index (κ2) is 12.8. The molecule has 0 radical (unpaired) electrons. The van der Waals surface area contributed by atoms with E-state index in [0.717, 1.165) is 44.3 Å². The third-order valence-corrected chi connectivity index (χ3v) is 7.15. The molecule has 1 aliphatic rings. The minimum Gasteiger partial charge on any atom is -0.405 e. The lowest BCUT2D eigenvalue weighted by atomic mass is 10.0. The molecule has 1 aliphatic heterocycles. The third-order valence-electron chi connectivity index (χ3n) is 6.11. The van der Waals surface area contributed by atoms with Crippen molar-refractivity contribution in [3.63, 3.8) is 0 Å². The molecular formula is C25H31Cl2F3N3OP. The quantitative estimate of drug-likeness (QED) is 0.335. The van der Waals surface area contributed by atoms with Gasteiger partial charge in [0.05, 0.1) is 0 Å². The molecule has 1 heterocycles. The molecule has 2 aromatic rings. The molecule has 2 aromatic carbocycles. The number of alkyl halides is 3. The van der Waals surface area contributed by atoms with Gasteiger partial charge in [-0.3, -0.25) is 10.2 Å². The largest absolute Gasteiger partial charge is 0.573 e. The number of ether oxygens (including phenoxy) is 1. The number of halogens is 5. The fraction of sp³-hybridized carbons (Fsp3) is 0.480. The molecule has 1 fully saturated rings. The zero-order valence-corrected chi connectivity index (χ0v) is 22.4. The zero-order valence-electron chi connectivity index (χ0n) is 19.9. The lowest BCUT2D eigenvalue weighted by molar-refractivity contribution is -0.275. The summed E-state index contributed by atoms with van der Waals surface area (Å²) in [4.78, 5) is 2.10. The smallest absolute Gasteiger partial charge is 0.405 e. The summed E-state index contributed by atoms with van der Waals surface area (Å²) in [5.41, 5.74) is 3.47. The van der Waals surface area contributed by atoms with E-state index in [9.17, 15) is 13.2 Å². The molecule has 4 nitrogen and oxygen atoms in total. The monoisotopic (exact) mass is 547 g/mol. The molecule has 192 valence electrons. The van der Waals surface area contributed by atoms with Crippen molar-refractivity contribution in [2.24, 2.45) is 0 Å². The van der Waals surface area contributed by atoms with Crippen molar-refractivity contribution in [3.05, 3.63) is 62.6 Å². The van der Waals surface area contributed by atoms with Crippen LogP contribution in [0.4, 0.5) is 13.2 Å². The van der Waals surface area contributed by atoms with E-state index in [1.54, 1.807) is 6.07 Å². The Morgan fingerprint density at radius 3 is 2.66 bits per heavy atom. The minimum atomic E-state index is -4.83. The Balaban J connectivity index is 1.82. The summed E-state index contributed by atoms with van der Waals surface area (Å²) in [6.07, 6.45) is -0.948. The average Bonchev–Trinajstić information content (AvgIpc) is 2.80. The van der Waals surface area contributed by atoms with Crippen molar-refractivity contribution in [2.45, 2.75) is 58.1 Å². The number of aryl methyl sites for hydroxylation is 1. The number of hydrogen-bond acceptors (Lipinski definition) is 3. The van der Waals surface area contributed by atoms with Gasteiger partial charge in [-0.05, 0) is 68.2 Å². The molecule has 35 heavy (non-hydrogen) atoms. The maximum atomic E-state index is 13.3. The average molecular weight is 548 g/mol. The number of hydrogen-bond donors (Lipinski definition) is 2. The van der Waals surface area contributed by atoms with Crippen LogP contribution in [-0.2, 0) is 19.5 Å². The lowest BCUT2D eigenvalue weighted by Crippen LogP contribution is -2.44. The summed E-state index contributed by atoms with van der Waals surface area (Å²) in [5, 5.41) is 7.32. The molecule has 0 aromatic heterocycles. The Labute approximate surface area is 217 Å². The van der Waals surface area contributed by atoms with Gasteiger partial charge in [0.25, 0.3) is 0 Å². The van der Waals surface area contributed by atoms with Gasteiger partial charge in [-0.2, -0.15) is 0 Å². The van der Waals surface area contributed by atoms with E-state index in [1.807, 2.05) is 25.2 Å². The number of piperidine rings is 1. The van der Waals surface area contributed by atoms with Crippen molar-refractivity contribution in [1.82, 2.24) is 15.5 Å². The zero-order chi connectivity index (χ0) is 25.6. The van der Waals surface area contributed by atoms with E-state index < -0.39 is 6.36 Å². The minimum absolute atomic E-state index is 0.223. The predicted octanol–water partition coefficient (Wildman–Crippen LogP) is 6.44. The maximum Gasteiger partial charge on any atom is 0.573 e. The van der Waals surface area contributed by atoms with Gasteiger partial charge in [-0.1, -0.05) is 42.6 Å². The van der Waals surface area contributed by atoms with Crippen LogP contribution in [0.25, 0.3) is 0 Å². The summed E-state index contributed by atoms with van der Waals surface area (Å²) in [6.45, 7) is 4.34. The number of benzene rings is 2. The molecule has 10 heteroatoms. The van der Waals surface area contributed by atoms with Gasteiger partial charge in [-0.15, -0.1) is 22.0 Å². The highest BCUT2D eigenvalue weighted by atomic mass is 35.5. The Bertz CT molecular complexity index is 1040. The van der Waals surface area contributed by atoms with E-state index in [4.69, 9.17) is 23.2 Å². The van der Waals surface area contributed by atoms with Crippen LogP contribution in [0.1, 0.15) is 48.4 Å². The van der Waals surface area contributed by atoms with Crippen LogP contribution in [0.2, 0.25) is 10.0 Å². The van der Waals surface area contributed by atoms with Crippen molar-refractivity contribution in [2.75, 3.05) is 20.1 Å². The van der Waals surface area contributed by atoms with Gasteiger partial charge in [-0.25, -0.2) is 0 Å².